The average Bonchev–Trinajstić information content (AvgIpc) is 2.28. The van der Waals surface area contributed by atoms with E-state index in [4.69, 9.17) is 9.73 Å². The number of nitrogens with zero attached hydrogens (tertiary/aromatic N) is 3. The van der Waals surface area contributed by atoms with E-state index in [1.54, 1.807) is 0 Å². The van der Waals surface area contributed by atoms with Crippen LogP contribution in [0.15, 0.2) is 4.99 Å². The molecule has 2 atom stereocenters. The molecule has 0 aromatic rings. The van der Waals surface area contributed by atoms with Gasteiger partial charge in [0.1, 0.15) is 0 Å². The van der Waals surface area contributed by atoms with Crippen LogP contribution in [0, 0.1) is 11.8 Å². The minimum Gasteiger partial charge on any atom is -0.378 e. The highest BCUT2D eigenvalue weighted by Gasteiger charge is 2.24. The van der Waals surface area contributed by atoms with Crippen LogP contribution in [-0.2, 0) is 4.74 Å². The predicted octanol–water partition coefficient (Wildman–Crippen LogP) is 1.92. The van der Waals surface area contributed by atoms with Crippen LogP contribution >= 0.6 is 0 Å². The highest BCUT2D eigenvalue weighted by atomic mass is 16.5. The molecule has 1 saturated heterocycles. The summed E-state index contributed by atoms with van der Waals surface area (Å²) in [6.45, 7) is 6.28. The van der Waals surface area contributed by atoms with Crippen LogP contribution in [0.1, 0.15) is 26.7 Å². The van der Waals surface area contributed by atoms with Crippen molar-refractivity contribution >= 4 is 5.96 Å². The summed E-state index contributed by atoms with van der Waals surface area (Å²) in [5, 5.41) is 0. The smallest absolute Gasteiger partial charge is 0.195 e. The standard InChI is InChI=1S/C14H29N3O/c1-11(2)13-9-12(7-8-18-13)10-15-14(16(3)4)17(5)6/h11-13H,7-10H2,1-6H3. The zero-order chi connectivity index (χ0) is 13.7. The van der Waals surface area contributed by atoms with Crippen molar-refractivity contribution in [3.8, 4) is 0 Å². The predicted molar refractivity (Wildman–Crippen MR) is 77.0 cm³/mol. The first-order chi connectivity index (χ1) is 8.41. The molecule has 1 aliphatic heterocycles. The van der Waals surface area contributed by atoms with Gasteiger partial charge < -0.3 is 14.5 Å². The minimum atomic E-state index is 0.418. The molecular weight excluding hydrogens is 226 g/mol. The van der Waals surface area contributed by atoms with E-state index < -0.39 is 0 Å². The summed E-state index contributed by atoms with van der Waals surface area (Å²) in [7, 11) is 8.17. The van der Waals surface area contributed by atoms with Gasteiger partial charge in [-0.2, -0.15) is 0 Å². The van der Waals surface area contributed by atoms with Crippen molar-refractivity contribution in [1.82, 2.24) is 9.80 Å². The highest BCUT2D eigenvalue weighted by molar-refractivity contribution is 5.79. The van der Waals surface area contributed by atoms with Gasteiger partial charge >= 0.3 is 0 Å². The molecule has 106 valence electrons. The Morgan fingerprint density at radius 3 is 2.33 bits per heavy atom. The van der Waals surface area contributed by atoms with Crippen molar-refractivity contribution < 1.29 is 4.74 Å². The molecule has 0 aromatic heterocycles. The molecule has 0 N–H and O–H groups in total. The number of hydrogen-bond donors (Lipinski definition) is 0. The van der Waals surface area contributed by atoms with Gasteiger partial charge in [-0.25, -0.2) is 0 Å². The topological polar surface area (TPSA) is 28.1 Å². The Hall–Kier alpha value is -0.770. The van der Waals surface area contributed by atoms with Gasteiger partial charge in [0.05, 0.1) is 6.10 Å². The van der Waals surface area contributed by atoms with Crippen molar-refractivity contribution in [3.05, 3.63) is 0 Å². The quantitative estimate of drug-likeness (QED) is 0.570. The fourth-order valence-electron chi connectivity index (χ4n) is 2.42. The Bertz CT molecular complexity index is 264. The van der Waals surface area contributed by atoms with E-state index in [2.05, 4.69) is 23.6 Å². The molecule has 0 amide bonds. The third kappa shape index (κ3) is 4.48. The van der Waals surface area contributed by atoms with E-state index >= 15 is 0 Å². The fourth-order valence-corrected chi connectivity index (χ4v) is 2.42. The van der Waals surface area contributed by atoms with Crippen LogP contribution in [0.5, 0.6) is 0 Å². The Morgan fingerprint density at radius 2 is 1.83 bits per heavy atom. The minimum absolute atomic E-state index is 0.418. The lowest BCUT2D eigenvalue weighted by atomic mass is 9.90. The molecule has 0 spiro atoms. The summed E-state index contributed by atoms with van der Waals surface area (Å²) in [5.74, 6) is 2.32. The van der Waals surface area contributed by atoms with Gasteiger partial charge in [-0.3, -0.25) is 4.99 Å². The van der Waals surface area contributed by atoms with Crippen molar-refractivity contribution in [2.45, 2.75) is 32.8 Å². The fraction of sp³-hybridized carbons (Fsp3) is 0.929. The average molecular weight is 255 g/mol. The van der Waals surface area contributed by atoms with Gasteiger partial charge in [-0.05, 0) is 24.7 Å². The first-order valence-electron chi connectivity index (χ1n) is 6.92. The number of aliphatic imine (C=N–C) groups is 1. The number of ether oxygens (including phenoxy) is 1. The zero-order valence-corrected chi connectivity index (χ0v) is 12.8. The van der Waals surface area contributed by atoms with E-state index in [0.29, 0.717) is 17.9 Å². The molecule has 1 fully saturated rings. The molecule has 0 aliphatic carbocycles. The molecule has 4 heteroatoms. The Morgan fingerprint density at radius 1 is 1.22 bits per heavy atom. The lowest BCUT2D eigenvalue weighted by molar-refractivity contribution is -0.0321. The molecule has 0 radical (unpaired) electrons. The first-order valence-corrected chi connectivity index (χ1v) is 6.92. The molecule has 1 heterocycles. The molecule has 0 saturated carbocycles. The maximum Gasteiger partial charge on any atom is 0.195 e. The summed E-state index contributed by atoms with van der Waals surface area (Å²) < 4.78 is 5.80. The van der Waals surface area contributed by atoms with E-state index in [0.717, 1.165) is 32.0 Å². The number of hydrogen-bond acceptors (Lipinski definition) is 2. The lowest BCUT2D eigenvalue weighted by Gasteiger charge is -2.31. The van der Waals surface area contributed by atoms with E-state index in [1.807, 2.05) is 28.2 Å². The monoisotopic (exact) mass is 255 g/mol. The van der Waals surface area contributed by atoms with Crippen LogP contribution in [0.25, 0.3) is 0 Å². The summed E-state index contributed by atoms with van der Waals surface area (Å²) in [4.78, 5) is 8.89. The molecule has 0 aromatic carbocycles. The van der Waals surface area contributed by atoms with Crippen molar-refractivity contribution in [2.24, 2.45) is 16.8 Å². The number of rotatable bonds is 3. The van der Waals surface area contributed by atoms with Crippen LogP contribution in [-0.4, -0.2) is 63.2 Å². The first kappa shape index (κ1) is 15.3. The van der Waals surface area contributed by atoms with E-state index in [9.17, 15) is 0 Å². The molecule has 18 heavy (non-hydrogen) atoms. The van der Waals surface area contributed by atoms with Crippen LogP contribution < -0.4 is 0 Å². The zero-order valence-electron chi connectivity index (χ0n) is 12.8. The number of guanidine groups is 1. The third-order valence-corrected chi connectivity index (χ3v) is 3.46. The van der Waals surface area contributed by atoms with Gasteiger partial charge in [0.2, 0.25) is 0 Å². The highest BCUT2D eigenvalue weighted by Crippen LogP contribution is 2.25. The summed E-state index contributed by atoms with van der Waals surface area (Å²) in [6, 6.07) is 0. The van der Waals surface area contributed by atoms with Gasteiger partial charge in [0, 0.05) is 41.3 Å². The van der Waals surface area contributed by atoms with Gasteiger partial charge in [0.25, 0.3) is 0 Å². The lowest BCUT2D eigenvalue weighted by Crippen LogP contribution is -2.36. The van der Waals surface area contributed by atoms with Gasteiger partial charge in [-0.1, -0.05) is 13.8 Å². The largest absolute Gasteiger partial charge is 0.378 e. The summed E-state index contributed by atoms with van der Waals surface area (Å²) >= 11 is 0. The van der Waals surface area contributed by atoms with Crippen LogP contribution in [0.3, 0.4) is 0 Å². The normalized spacial score (nSPS) is 23.9. The van der Waals surface area contributed by atoms with Crippen molar-refractivity contribution in [1.29, 1.82) is 0 Å². The maximum atomic E-state index is 5.80. The van der Waals surface area contributed by atoms with E-state index in [-0.39, 0.29) is 0 Å². The third-order valence-electron chi connectivity index (χ3n) is 3.46. The summed E-state index contributed by atoms with van der Waals surface area (Å²) in [5.41, 5.74) is 0. The molecule has 4 nitrogen and oxygen atoms in total. The van der Waals surface area contributed by atoms with Crippen molar-refractivity contribution in [2.75, 3.05) is 41.3 Å². The Labute approximate surface area is 112 Å². The Balaban J connectivity index is 2.53. The van der Waals surface area contributed by atoms with Crippen molar-refractivity contribution in [3.63, 3.8) is 0 Å². The molecule has 2 unspecified atom stereocenters. The second-order valence-corrected chi connectivity index (χ2v) is 5.97. The van der Waals surface area contributed by atoms with E-state index in [1.165, 1.54) is 0 Å². The summed E-state index contributed by atoms with van der Waals surface area (Å²) in [6.07, 6.45) is 2.71. The van der Waals surface area contributed by atoms with Gasteiger partial charge in [0.15, 0.2) is 5.96 Å². The second-order valence-electron chi connectivity index (χ2n) is 5.97. The maximum absolute atomic E-state index is 5.80. The molecule has 1 rings (SSSR count). The molecule has 0 bridgehead atoms. The van der Waals surface area contributed by atoms with Gasteiger partial charge in [-0.15, -0.1) is 0 Å². The molecule has 1 aliphatic rings. The Kier molecular flexibility index (Phi) is 5.93. The molecular formula is C14H29N3O. The van der Waals surface area contributed by atoms with Crippen LogP contribution in [0.2, 0.25) is 0 Å². The SMILES string of the molecule is CC(C)C1CC(CN=C(N(C)C)N(C)C)CCO1. The van der Waals surface area contributed by atoms with Crippen LogP contribution in [0.4, 0.5) is 0 Å². The second kappa shape index (κ2) is 6.98.